The molecule has 1 aromatic rings. The van der Waals surface area contributed by atoms with Crippen LogP contribution in [0.25, 0.3) is 0 Å². The minimum Gasteiger partial charge on any atom is -0.329 e. The number of nitrogens with two attached hydrogens (primary N) is 1. The van der Waals surface area contributed by atoms with Crippen molar-refractivity contribution in [3.05, 3.63) is 28.2 Å². The molecule has 0 atom stereocenters. The molecule has 0 amide bonds. The van der Waals surface area contributed by atoms with Gasteiger partial charge in [0.1, 0.15) is 0 Å². The lowest BCUT2D eigenvalue weighted by atomic mass is 9.87. The molecule has 2 N–H and O–H groups in total. The quantitative estimate of drug-likeness (QED) is 0.918. The number of hydrogen-bond donors (Lipinski definition) is 1. The van der Waals surface area contributed by atoms with E-state index < -0.39 is 10.0 Å². The maximum absolute atomic E-state index is 12.2. The van der Waals surface area contributed by atoms with Crippen LogP contribution in [0.3, 0.4) is 0 Å². The van der Waals surface area contributed by atoms with Crippen molar-refractivity contribution in [1.82, 2.24) is 0 Å². The summed E-state index contributed by atoms with van der Waals surface area (Å²) < 4.78 is 26.9. The second-order valence-electron chi connectivity index (χ2n) is 5.16. The van der Waals surface area contributed by atoms with Crippen molar-refractivity contribution in [1.29, 1.82) is 0 Å². The van der Waals surface area contributed by atoms with Crippen molar-refractivity contribution in [2.75, 3.05) is 23.1 Å². The Kier molecular flexibility index (Phi) is 3.46. The summed E-state index contributed by atoms with van der Waals surface area (Å²) in [7, 11) is -3.31. The number of sulfonamides is 1. The van der Waals surface area contributed by atoms with Gasteiger partial charge in [0.15, 0.2) is 0 Å². The molecule has 0 bridgehead atoms. The standard InChI is InChI=1S/C12H17BrN2O2S/c1-12(2)8-15(18(16,17)6-5-14)11-4-3-9(13)7-10(11)12/h3-4,7H,5-6,8,14H2,1-2H3. The van der Waals surface area contributed by atoms with Gasteiger partial charge >= 0.3 is 0 Å². The van der Waals surface area contributed by atoms with E-state index in [1.54, 1.807) is 0 Å². The molecular weight excluding hydrogens is 316 g/mol. The summed E-state index contributed by atoms with van der Waals surface area (Å²) >= 11 is 3.43. The Balaban J connectivity index is 2.53. The van der Waals surface area contributed by atoms with E-state index in [0.717, 1.165) is 15.7 Å². The third kappa shape index (κ3) is 2.29. The molecule has 0 saturated carbocycles. The van der Waals surface area contributed by atoms with Crippen molar-refractivity contribution in [3.8, 4) is 0 Å². The summed E-state index contributed by atoms with van der Waals surface area (Å²) in [4.78, 5) is 0. The summed E-state index contributed by atoms with van der Waals surface area (Å²) in [5, 5.41) is 0. The second kappa shape index (κ2) is 4.51. The van der Waals surface area contributed by atoms with Gasteiger partial charge in [0, 0.05) is 23.0 Å². The maximum Gasteiger partial charge on any atom is 0.236 e. The Labute approximate surface area is 116 Å². The van der Waals surface area contributed by atoms with E-state index in [-0.39, 0.29) is 17.7 Å². The third-order valence-corrected chi connectivity index (χ3v) is 5.45. The monoisotopic (exact) mass is 332 g/mol. The number of benzene rings is 1. The fourth-order valence-corrected chi connectivity index (χ4v) is 4.16. The highest BCUT2D eigenvalue weighted by atomic mass is 79.9. The van der Waals surface area contributed by atoms with E-state index in [1.807, 2.05) is 18.2 Å². The van der Waals surface area contributed by atoms with Crippen molar-refractivity contribution in [2.24, 2.45) is 5.73 Å². The lowest BCUT2D eigenvalue weighted by molar-refractivity contribution is 0.554. The molecule has 0 aromatic heterocycles. The largest absolute Gasteiger partial charge is 0.329 e. The normalized spacial score (nSPS) is 17.9. The molecule has 100 valence electrons. The fourth-order valence-electron chi connectivity index (χ4n) is 2.30. The molecule has 0 spiro atoms. The molecular formula is C12H17BrN2O2S. The van der Waals surface area contributed by atoms with Gasteiger partial charge in [0.05, 0.1) is 11.4 Å². The van der Waals surface area contributed by atoms with Crippen LogP contribution < -0.4 is 10.0 Å². The van der Waals surface area contributed by atoms with Crippen LogP contribution in [0.2, 0.25) is 0 Å². The van der Waals surface area contributed by atoms with Gasteiger partial charge in [-0.1, -0.05) is 29.8 Å². The summed E-state index contributed by atoms with van der Waals surface area (Å²) in [5.74, 6) is -0.0153. The molecule has 1 aromatic carbocycles. The highest BCUT2D eigenvalue weighted by molar-refractivity contribution is 9.10. The molecule has 2 rings (SSSR count). The van der Waals surface area contributed by atoms with Gasteiger partial charge in [-0.2, -0.15) is 0 Å². The highest BCUT2D eigenvalue weighted by Crippen LogP contribution is 2.42. The molecule has 6 heteroatoms. The number of nitrogens with zero attached hydrogens (tertiary/aromatic N) is 1. The van der Waals surface area contributed by atoms with Crippen LogP contribution in [-0.4, -0.2) is 27.3 Å². The Bertz CT molecular complexity index is 569. The van der Waals surface area contributed by atoms with Gasteiger partial charge in [-0.05, 0) is 23.8 Å². The predicted octanol–water partition coefficient (Wildman–Crippen LogP) is 1.84. The molecule has 0 aliphatic carbocycles. The first-order valence-electron chi connectivity index (χ1n) is 5.78. The van der Waals surface area contributed by atoms with Gasteiger partial charge in [0.2, 0.25) is 10.0 Å². The number of hydrogen-bond acceptors (Lipinski definition) is 3. The zero-order chi connectivity index (χ0) is 13.6. The van der Waals surface area contributed by atoms with Gasteiger partial charge in [-0.25, -0.2) is 8.42 Å². The minimum absolute atomic E-state index is 0.0153. The number of fused-ring (bicyclic) bond motifs is 1. The molecule has 4 nitrogen and oxygen atoms in total. The van der Waals surface area contributed by atoms with E-state index >= 15 is 0 Å². The molecule has 18 heavy (non-hydrogen) atoms. The van der Waals surface area contributed by atoms with Gasteiger partial charge < -0.3 is 5.73 Å². The van der Waals surface area contributed by atoms with Crippen LogP contribution in [0, 0.1) is 0 Å². The number of anilines is 1. The lowest BCUT2D eigenvalue weighted by Gasteiger charge is -2.21. The van der Waals surface area contributed by atoms with Crippen LogP contribution in [-0.2, 0) is 15.4 Å². The van der Waals surface area contributed by atoms with Crippen molar-refractivity contribution < 1.29 is 8.42 Å². The van der Waals surface area contributed by atoms with Crippen LogP contribution >= 0.6 is 15.9 Å². The van der Waals surface area contributed by atoms with Gasteiger partial charge in [-0.3, -0.25) is 4.31 Å². The molecule has 0 saturated heterocycles. The van der Waals surface area contributed by atoms with E-state index in [1.165, 1.54) is 4.31 Å². The van der Waals surface area contributed by atoms with E-state index in [0.29, 0.717) is 6.54 Å². The van der Waals surface area contributed by atoms with Crippen LogP contribution in [0.1, 0.15) is 19.4 Å². The molecule has 1 heterocycles. The fraction of sp³-hybridized carbons (Fsp3) is 0.500. The predicted molar refractivity (Wildman–Crippen MR) is 77.4 cm³/mol. The number of halogens is 1. The van der Waals surface area contributed by atoms with Gasteiger partial charge in [0.25, 0.3) is 0 Å². The summed E-state index contributed by atoms with van der Waals surface area (Å²) in [6.07, 6.45) is 0. The molecule has 0 unspecified atom stereocenters. The average Bonchev–Trinajstić information content (AvgIpc) is 2.52. The summed E-state index contributed by atoms with van der Waals surface area (Å²) in [6.45, 7) is 4.72. The smallest absolute Gasteiger partial charge is 0.236 e. The molecule has 1 aliphatic rings. The van der Waals surface area contributed by atoms with Crippen molar-refractivity contribution in [2.45, 2.75) is 19.3 Å². The maximum atomic E-state index is 12.2. The number of rotatable bonds is 3. The first-order valence-corrected chi connectivity index (χ1v) is 8.19. The second-order valence-corrected chi connectivity index (χ2v) is 8.09. The van der Waals surface area contributed by atoms with E-state index in [9.17, 15) is 8.42 Å². The Morgan fingerprint density at radius 2 is 2.11 bits per heavy atom. The van der Waals surface area contributed by atoms with E-state index in [2.05, 4.69) is 29.8 Å². The highest BCUT2D eigenvalue weighted by Gasteiger charge is 2.40. The Hall–Kier alpha value is -0.590. The first kappa shape index (κ1) is 13.8. The van der Waals surface area contributed by atoms with Crippen LogP contribution in [0.4, 0.5) is 5.69 Å². The molecule has 0 radical (unpaired) electrons. The molecule has 1 aliphatic heterocycles. The summed E-state index contributed by atoms with van der Waals surface area (Å²) in [5.41, 5.74) is 7.03. The van der Waals surface area contributed by atoms with Crippen molar-refractivity contribution >= 4 is 31.6 Å². The zero-order valence-corrected chi connectivity index (χ0v) is 12.9. The topological polar surface area (TPSA) is 63.4 Å². The third-order valence-electron chi connectivity index (χ3n) is 3.21. The average molecular weight is 333 g/mol. The van der Waals surface area contributed by atoms with Gasteiger partial charge in [-0.15, -0.1) is 0 Å². The Morgan fingerprint density at radius 1 is 1.44 bits per heavy atom. The van der Waals surface area contributed by atoms with Crippen molar-refractivity contribution in [3.63, 3.8) is 0 Å². The van der Waals surface area contributed by atoms with Crippen LogP contribution in [0.15, 0.2) is 22.7 Å². The Morgan fingerprint density at radius 3 is 2.72 bits per heavy atom. The minimum atomic E-state index is -3.31. The lowest BCUT2D eigenvalue weighted by Crippen LogP contribution is -2.37. The van der Waals surface area contributed by atoms with E-state index in [4.69, 9.17) is 5.73 Å². The zero-order valence-electron chi connectivity index (χ0n) is 10.5. The van der Waals surface area contributed by atoms with Crippen LogP contribution in [0.5, 0.6) is 0 Å². The first-order chi connectivity index (χ1) is 8.28. The summed E-state index contributed by atoms with van der Waals surface area (Å²) in [6, 6.07) is 5.71. The molecule has 0 fully saturated rings. The SMILES string of the molecule is CC1(C)CN(S(=O)(=O)CCN)c2ccc(Br)cc21.